The van der Waals surface area contributed by atoms with Crippen LogP contribution in [-0.4, -0.2) is 62.0 Å². The van der Waals surface area contributed by atoms with E-state index in [2.05, 4.69) is 0 Å². The van der Waals surface area contributed by atoms with Gasteiger partial charge in [0, 0.05) is 31.6 Å². The molecule has 8 heteroatoms. The monoisotopic (exact) mass is 422 g/mol. The zero-order valence-electron chi connectivity index (χ0n) is 17.1. The molecule has 0 radical (unpaired) electrons. The summed E-state index contributed by atoms with van der Waals surface area (Å²) in [5, 5.41) is 0.759. The Kier molecular flexibility index (Phi) is 5.88. The van der Waals surface area contributed by atoms with Crippen LogP contribution in [-0.2, 0) is 9.59 Å². The van der Waals surface area contributed by atoms with E-state index in [9.17, 15) is 14.4 Å². The molecule has 0 spiro atoms. The number of ether oxygens (including phenoxy) is 2. The van der Waals surface area contributed by atoms with Gasteiger partial charge in [-0.15, -0.1) is 0 Å². The molecule has 8 nitrogen and oxygen atoms in total. The van der Waals surface area contributed by atoms with Crippen molar-refractivity contribution < 1.29 is 23.5 Å². The molecule has 0 bridgehead atoms. The third-order valence-electron chi connectivity index (χ3n) is 5.29. The minimum absolute atomic E-state index is 0.0850. The van der Waals surface area contributed by atoms with Gasteiger partial charge >= 0.3 is 5.63 Å². The van der Waals surface area contributed by atoms with Crippen molar-refractivity contribution in [2.24, 2.45) is 0 Å². The number of nitrogens with zero attached hydrogens (tertiary/aromatic N) is 2. The predicted octanol–water partition coefficient (Wildman–Crippen LogP) is 2.15. The van der Waals surface area contributed by atoms with Gasteiger partial charge in [-0.25, -0.2) is 4.79 Å². The van der Waals surface area contributed by atoms with Gasteiger partial charge in [0.1, 0.15) is 5.75 Å². The van der Waals surface area contributed by atoms with Gasteiger partial charge in [0.15, 0.2) is 17.9 Å². The van der Waals surface area contributed by atoms with Crippen molar-refractivity contribution in [1.82, 2.24) is 9.80 Å². The third-order valence-corrected chi connectivity index (χ3v) is 5.29. The van der Waals surface area contributed by atoms with E-state index in [1.54, 1.807) is 46.2 Å². The molecule has 2 aromatic carbocycles. The van der Waals surface area contributed by atoms with Gasteiger partial charge in [0.2, 0.25) is 6.41 Å². The number of hydrogen-bond donors (Lipinski definition) is 0. The number of rotatable bonds is 6. The number of methoxy groups -OCH3 is 1. The Morgan fingerprint density at radius 2 is 1.84 bits per heavy atom. The van der Waals surface area contributed by atoms with Crippen molar-refractivity contribution >= 4 is 23.3 Å². The fourth-order valence-electron chi connectivity index (χ4n) is 3.52. The Morgan fingerprint density at radius 3 is 2.52 bits per heavy atom. The summed E-state index contributed by atoms with van der Waals surface area (Å²) in [6.45, 7) is 1.98. The quantitative estimate of drug-likeness (QED) is 0.447. The number of carbonyl (C=O) groups is 2. The van der Waals surface area contributed by atoms with E-state index in [0.29, 0.717) is 54.4 Å². The number of para-hydroxylation sites is 1. The average molecular weight is 422 g/mol. The lowest BCUT2D eigenvalue weighted by Crippen LogP contribution is -2.49. The molecule has 3 aromatic rings. The maximum atomic E-state index is 12.5. The summed E-state index contributed by atoms with van der Waals surface area (Å²) in [6.07, 6.45) is 0.798. The minimum Gasteiger partial charge on any atom is -0.493 e. The number of hydrogen-bond acceptors (Lipinski definition) is 6. The molecule has 0 N–H and O–H groups in total. The summed E-state index contributed by atoms with van der Waals surface area (Å²) in [5.74, 6) is 0.899. The van der Waals surface area contributed by atoms with Crippen LogP contribution < -0.4 is 15.1 Å². The Bertz CT molecular complexity index is 1150. The first kappa shape index (κ1) is 20.5. The molecule has 1 aliphatic rings. The van der Waals surface area contributed by atoms with Crippen LogP contribution in [0.3, 0.4) is 0 Å². The second kappa shape index (κ2) is 8.91. The molecule has 0 atom stereocenters. The molecule has 1 saturated heterocycles. The molecule has 1 fully saturated rings. The van der Waals surface area contributed by atoms with Crippen LogP contribution in [0.4, 0.5) is 0 Å². The molecule has 2 amide bonds. The normalized spacial score (nSPS) is 13.8. The fraction of sp³-hybridized carbons (Fsp3) is 0.261. The minimum atomic E-state index is -0.463. The molecular weight excluding hydrogens is 400 g/mol. The number of carbonyl (C=O) groups excluding carboxylic acids is 2. The van der Waals surface area contributed by atoms with Gasteiger partial charge in [0.05, 0.1) is 12.7 Å². The highest BCUT2D eigenvalue weighted by molar-refractivity contribution is 5.86. The second-order valence-electron chi connectivity index (χ2n) is 7.16. The van der Waals surface area contributed by atoms with Crippen molar-refractivity contribution in [3.8, 4) is 22.6 Å². The van der Waals surface area contributed by atoms with Crippen molar-refractivity contribution in [2.75, 3.05) is 39.9 Å². The van der Waals surface area contributed by atoms with Crippen LogP contribution in [0, 0.1) is 0 Å². The molecule has 31 heavy (non-hydrogen) atoms. The van der Waals surface area contributed by atoms with Crippen molar-refractivity contribution in [3.05, 3.63) is 59.0 Å². The molecular formula is C23H22N2O6. The van der Waals surface area contributed by atoms with Crippen LogP contribution in [0.1, 0.15) is 0 Å². The van der Waals surface area contributed by atoms with E-state index in [0.717, 1.165) is 11.8 Å². The molecule has 0 unspecified atom stereocenters. The zero-order valence-corrected chi connectivity index (χ0v) is 17.1. The number of piperazine rings is 1. The second-order valence-corrected chi connectivity index (χ2v) is 7.16. The number of fused-ring (bicyclic) bond motifs is 1. The molecule has 0 saturated carbocycles. The van der Waals surface area contributed by atoms with E-state index in [1.807, 2.05) is 12.1 Å². The summed E-state index contributed by atoms with van der Waals surface area (Å²) in [6, 6.07) is 14.1. The lowest BCUT2D eigenvalue weighted by molar-refractivity contribution is -0.137. The molecule has 160 valence electrons. The standard InChI is InChI=1S/C23H22N2O6/c1-29-20-4-2-3-17-13-19(23(28)31-22(17)20)16-5-7-18(8-6-16)30-14-21(27)25-11-9-24(15-26)10-12-25/h2-8,13,15H,9-12,14H2,1H3. The van der Waals surface area contributed by atoms with Gasteiger partial charge in [0.25, 0.3) is 5.91 Å². The van der Waals surface area contributed by atoms with Crippen LogP contribution in [0.2, 0.25) is 0 Å². The maximum Gasteiger partial charge on any atom is 0.344 e. The average Bonchev–Trinajstić information content (AvgIpc) is 2.82. The highest BCUT2D eigenvalue weighted by Gasteiger charge is 2.20. The highest BCUT2D eigenvalue weighted by Crippen LogP contribution is 2.28. The zero-order chi connectivity index (χ0) is 21.8. The van der Waals surface area contributed by atoms with E-state index in [4.69, 9.17) is 13.9 Å². The molecule has 1 aromatic heterocycles. The smallest absolute Gasteiger partial charge is 0.344 e. The van der Waals surface area contributed by atoms with Gasteiger partial charge in [-0.2, -0.15) is 0 Å². The Hall–Kier alpha value is -3.81. The molecule has 2 heterocycles. The third kappa shape index (κ3) is 4.37. The Morgan fingerprint density at radius 1 is 1.10 bits per heavy atom. The Labute approximate surface area is 178 Å². The predicted molar refractivity (Wildman–Crippen MR) is 114 cm³/mol. The first-order valence-electron chi connectivity index (χ1n) is 9.90. The fourth-order valence-corrected chi connectivity index (χ4v) is 3.52. The maximum absolute atomic E-state index is 12.5. The van der Waals surface area contributed by atoms with Gasteiger partial charge in [-0.3, -0.25) is 9.59 Å². The van der Waals surface area contributed by atoms with Crippen molar-refractivity contribution in [2.45, 2.75) is 0 Å². The first-order chi connectivity index (χ1) is 15.1. The summed E-state index contributed by atoms with van der Waals surface area (Å²) >= 11 is 0. The highest BCUT2D eigenvalue weighted by atomic mass is 16.5. The van der Waals surface area contributed by atoms with Crippen LogP contribution >= 0.6 is 0 Å². The molecule has 0 aliphatic carbocycles. The lowest BCUT2D eigenvalue weighted by atomic mass is 10.1. The largest absolute Gasteiger partial charge is 0.493 e. The van der Waals surface area contributed by atoms with E-state index < -0.39 is 5.63 Å². The molecule has 1 aliphatic heterocycles. The number of benzene rings is 2. The lowest BCUT2D eigenvalue weighted by Gasteiger charge is -2.32. The van der Waals surface area contributed by atoms with Crippen molar-refractivity contribution in [1.29, 1.82) is 0 Å². The summed E-state index contributed by atoms with van der Waals surface area (Å²) < 4.78 is 16.3. The van der Waals surface area contributed by atoms with E-state index >= 15 is 0 Å². The topological polar surface area (TPSA) is 89.3 Å². The van der Waals surface area contributed by atoms with Gasteiger partial charge in [-0.1, -0.05) is 24.3 Å². The summed E-state index contributed by atoms with van der Waals surface area (Å²) in [4.78, 5) is 38.9. The van der Waals surface area contributed by atoms with Crippen LogP contribution in [0.15, 0.2) is 57.7 Å². The summed E-state index contributed by atoms with van der Waals surface area (Å²) in [5.41, 5.74) is 1.06. The van der Waals surface area contributed by atoms with Gasteiger partial charge < -0.3 is 23.7 Å². The van der Waals surface area contributed by atoms with Crippen molar-refractivity contribution in [3.63, 3.8) is 0 Å². The van der Waals surface area contributed by atoms with Gasteiger partial charge in [-0.05, 0) is 29.8 Å². The van der Waals surface area contributed by atoms with Crippen LogP contribution in [0.25, 0.3) is 22.1 Å². The van der Waals surface area contributed by atoms with Crippen LogP contribution in [0.5, 0.6) is 11.5 Å². The van der Waals surface area contributed by atoms with E-state index in [-0.39, 0.29) is 12.5 Å². The first-order valence-corrected chi connectivity index (χ1v) is 9.90. The summed E-state index contributed by atoms with van der Waals surface area (Å²) in [7, 11) is 1.53. The molecule has 4 rings (SSSR count). The van der Waals surface area contributed by atoms with E-state index in [1.165, 1.54) is 7.11 Å². The SMILES string of the molecule is COc1cccc2cc(-c3ccc(OCC(=O)N4CCN(C=O)CC4)cc3)c(=O)oc12. The Balaban J connectivity index is 1.44. The number of amides is 2.